The summed E-state index contributed by atoms with van der Waals surface area (Å²) in [7, 11) is 0. The van der Waals surface area contributed by atoms with Crippen LogP contribution in [0, 0.1) is 12.3 Å². The van der Waals surface area contributed by atoms with Gasteiger partial charge in [0.15, 0.2) is 0 Å². The summed E-state index contributed by atoms with van der Waals surface area (Å²) >= 11 is 0. The van der Waals surface area contributed by atoms with Crippen LogP contribution in [0.3, 0.4) is 0 Å². The van der Waals surface area contributed by atoms with Crippen LogP contribution >= 0.6 is 12.4 Å². The van der Waals surface area contributed by atoms with Gasteiger partial charge in [-0.05, 0) is 49.4 Å². The highest BCUT2D eigenvalue weighted by Crippen LogP contribution is 2.27. The van der Waals surface area contributed by atoms with Crippen LogP contribution in [-0.2, 0) is 11.2 Å². The van der Waals surface area contributed by atoms with Crippen molar-refractivity contribution in [1.82, 2.24) is 10.2 Å². The lowest BCUT2D eigenvalue weighted by Crippen LogP contribution is -2.38. The Balaban J connectivity index is 0.00000242. The molecule has 1 atom stereocenters. The molecule has 1 aromatic rings. The molecule has 1 aromatic carbocycles. The Morgan fingerprint density at radius 2 is 2.14 bits per heavy atom. The lowest BCUT2D eigenvalue weighted by Gasteiger charge is -2.22. The van der Waals surface area contributed by atoms with Gasteiger partial charge in [0.05, 0.1) is 6.54 Å². The second-order valence-corrected chi connectivity index (χ2v) is 6.50. The van der Waals surface area contributed by atoms with Gasteiger partial charge in [-0.1, -0.05) is 31.2 Å². The molecule has 4 nitrogen and oxygen atoms in total. The summed E-state index contributed by atoms with van der Waals surface area (Å²) in [6.45, 7) is 8.08. The zero-order chi connectivity index (χ0) is 15.3. The lowest BCUT2D eigenvalue weighted by atomic mass is 9.90. The molecule has 1 amide bonds. The molecule has 1 aliphatic rings. The number of nitrogens with zero attached hydrogens (tertiary/aromatic N) is 1. The second-order valence-electron chi connectivity index (χ2n) is 6.50. The van der Waals surface area contributed by atoms with Crippen molar-refractivity contribution in [2.45, 2.75) is 26.7 Å². The number of likely N-dealkylation sites (tertiary alicyclic amines) is 1. The molecule has 2 rings (SSSR count). The van der Waals surface area contributed by atoms with E-state index in [1.165, 1.54) is 11.1 Å². The van der Waals surface area contributed by atoms with Crippen molar-refractivity contribution in [2.75, 3.05) is 32.7 Å². The number of aryl methyl sites for hydroxylation is 1. The van der Waals surface area contributed by atoms with E-state index in [-0.39, 0.29) is 23.7 Å². The summed E-state index contributed by atoms with van der Waals surface area (Å²) in [5.74, 6) is 0.116. The summed E-state index contributed by atoms with van der Waals surface area (Å²) in [5.41, 5.74) is 8.56. The molecule has 1 aliphatic heterocycles. The predicted molar refractivity (Wildman–Crippen MR) is 93.4 cm³/mol. The van der Waals surface area contributed by atoms with Crippen LogP contribution in [0.1, 0.15) is 24.5 Å². The first-order valence-corrected chi connectivity index (χ1v) is 7.76. The molecule has 1 heterocycles. The van der Waals surface area contributed by atoms with Crippen molar-refractivity contribution in [3.8, 4) is 0 Å². The van der Waals surface area contributed by atoms with Gasteiger partial charge < -0.3 is 11.1 Å². The number of rotatable bonds is 6. The van der Waals surface area contributed by atoms with Gasteiger partial charge in [-0.25, -0.2) is 0 Å². The Morgan fingerprint density at radius 3 is 2.77 bits per heavy atom. The normalized spacial score (nSPS) is 21.4. The molecule has 1 saturated heterocycles. The minimum atomic E-state index is 0. The van der Waals surface area contributed by atoms with E-state index in [4.69, 9.17) is 5.73 Å². The third-order valence-corrected chi connectivity index (χ3v) is 4.47. The largest absolute Gasteiger partial charge is 0.355 e. The predicted octanol–water partition coefficient (Wildman–Crippen LogP) is 1.75. The van der Waals surface area contributed by atoms with Gasteiger partial charge in [0.25, 0.3) is 0 Å². The molecule has 0 saturated carbocycles. The maximum Gasteiger partial charge on any atom is 0.234 e. The maximum absolute atomic E-state index is 12.0. The fraction of sp³-hybridized carbons (Fsp3) is 0.588. The molecular weight excluding hydrogens is 298 g/mol. The molecular formula is C17H28ClN3O. The van der Waals surface area contributed by atoms with Crippen molar-refractivity contribution in [3.63, 3.8) is 0 Å². The zero-order valence-corrected chi connectivity index (χ0v) is 14.4. The number of nitrogens with two attached hydrogens (primary N) is 1. The Labute approximate surface area is 139 Å². The van der Waals surface area contributed by atoms with Gasteiger partial charge in [0.2, 0.25) is 5.91 Å². The third kappa shape index (κ3) is 5.27. The van der Waals surface area contributed by atoms with E-state index in [1.54, 1.807) is 0 Å². The zero-order valence-electron chi connectivity index (χ0n) is 13.6. The van der Waals surface area contributed by atoms with E-state index in [2.05, 4.69) is 36.2 Å². The van der Waals surface area contributed by atoms with Crippen molar-refractivity contribution in [3.05, 3.63) is 35.4 Å². The molecule has 1 unspecified atom stereocenters. The smallest absolute Gasteiger partial charge is 0.234 e. The number of hydrogen-bond donors (Lipinski definition) is 2. The van der Waals surface area contributed by atoms with Crippen LogP contribution in [-0.4, -0.2) is 43.5 Å². The molecule has 5 heteroatoms. The first kappa shape index (κ1) is 18.9. The van der Waals surface area contributed by atoms with Crippen LogP contribution in [0.5, 0.6) is 0 Å². The number of hydrogen-bond acceptors (Lipinski definition) is 3. The van der Waals surface area contributed by atoms with Crippen LogP contribution in [0.2, 0.25) is 0 Å². The molecule has 22 heavy (non-hydrogen) atoms. The molecule has 0 aromatic heterocycles. The van der Waals surface area contributed by atoms with E-state index in [0.717, 1.165) is 25.9 Å². The highest BCUT2D eigenvalue weighted by Gasteiger charge is 2.32. The van der Waals surface area contributed by atoms with E-state index in [0.29, 0.717) is 19.6 Å². The molecule has 1 fully saturated rings. The molecule has 3 N–H and O–H groups in total. The number of carbonyl (C=O) groups is 1. The summed E-state index contributed by atoms with van der Waals surface area (Å²) in [5, 5.41) is 3.02. The Kier molecular flexibility index (Phi) is 7.33. The number of carbonyl (C=O) groups excluding carboxylic acids is 1. The van der Waals surface area contributed by atoms with Gasteiger partial charge in [0, 0.05) is 13.1 Å². The summed E-state index contributed by atoms with van der Waals surface area (Å²) in [4.78, 5) is 14.2. The first-order valence-electron chi connectivity index (χ1n) is 7.76. The summed E-state index contributed by atoms with van der Waals surface area (Å²) < 4.78 is 0. The van der Waals surface area contributed by atoms with Gasteiger partial charge in [-0.3, -0.25) is 9.69 Å². The average molecular weight is 326 g/mol. The van der Waals surface area contributed by atoms with Crippen LogP contribution in [0.25, 0.3) is 0 Å². The minimum absolute atomic E-state index is 0. The number of nitrogens with one attached hydrogen (secondary N) is 1. The lowest BCUT2D eigenvalue weighted by molar-refractivity contribution is -0.122. The number of amides is 1. The molecule has 0 radical (unpaired) electrons. The average Bonchev–Trinajstić information content (AvgIpc) is 2.83. The van der Waals surface area contributed by atoms with Gasteiger partial charge in [-0.2, -0.15) is 0 Å². The van der Waals surface area contributed by atoms with E-state index in [1.807, 2.05) is 12.1 Å². The quantitative estimate of drug-likeness (QED) is 0.837. The highest BCUT2D eigenvalue weighted by atomic mass is 35.5. The van der Waals surface area contributed by atoms with E-state index >= 15 is 0 Å². The van der Waals surface area contributed by atoms with Crippen molar-refractivity contribution in [1.29, 1.82) is 0 Å². The second kappa shape index (κ2) is 8.51. The number of halogens is 1. The fourth-order valence-corrected chi connectivity index (χ4v) is 2.91. The topological polar surface area (TPSA) is 58.4 Å². The van der Waals surface area contributed by atoms with Crippen molar-refractivity contribution < 1.29 is 4.79 Å². The summed E-state index contributed by atoms with van der Waals surface area (Å²) in [6.07, 6.45) is 1.97. The summed E-state index contributed by atoms with van der Waals surface area (Å²) in [6, 6.07) is 8.31. The van der Waals surface area contributed by atoms with E-state index < -0.39 is 0 Å². The van der Waals surface area contributed by atoms with Crippen molar-refractivity contribution in [2.24, 2.45) is 11.1 Å². The van der Waals surface area contributed by atoms with Crippen LogP contribution in [0.4, 0.5) is 0 Å². The molecule has 0 spiro atoms. The molecule has 0 aliphatic carbocycles. The maximum atomic E-state index is 12.0. The van der Waals surface area contributed by atoms with Gasteiger partial charge in [0.1, 0.15) is 0 Å². The molecule has 0 bridgehead atoms. The van der Waals surface area contributed by atoms with Crippen molar-refractivity contribution >= 4 is 18.3 Å². The fourth-order valence-electron chi connectivity index (χ4n) is 2.91. The van der Waals surface area contributed by atoms with Gasteiger partial charge in [-0.15, -0.1) is 12.4 Å². The standard InChI is InChI=1S/C17H27N3O.ClH/c1-14-5-3-4-6-15(14)7-9-19-16(21)11-20-10-8-17(2,12-18)13-20;/h3-6H,7-13,18H2,1-2H3,(H,19,21);1H. The minimum Gasteiger partial charge on any atom is -0.355 e. The van der Waals surface area contributed by atoms with Gasteiger partial charge >= 0.3 is 0 Å². The van der Waals surface area contributed by atoms with E-state index in [9.17, 15) is 4.79 Å². The Bertz CT molecular complexity index is 495. The third-order valence-electron chi connectivity index (χ3n) is 4.47. The first-order chi connectivity index (χ1) is 10.0. The van der Waals surface area contributed by atoms with Crippen LogP contribution in [0.15, 0.2) is 24.3 Å². The van der Waals surface area contributed by atoms with Crippen LogP contribution < -0.4 is 11.1 Å². The Morgan fingerprint density at radius 1 is 1.41 bits per heavy atom. The number of benzene rings is 1. The SMILES string of the molecule is Cc1ccccc1CCNC(=O)CN1CCC(C)(CN)C1.Cl. The molecule has 124 valence electrons. The Hall–Kier alpha value is -1.10. The highest BCUT2D eigenvalue weighted by molar-refractivity contribution is 5.85. The monoisotopic (exact) mass is 325 g/mol.